The maximum Gasteiger partial charge on any atom is 0.315 e. The minimum absolute atomic E-state index is 0.0218. The number of likely N-dealkylation sites (tertiary alicyclic amines) is 1. The first-order chi connectivity index (χ1) is 14.1. The lowest BCUT2D eigenvalue weighted by atomic mass is 9.96. The Morgan fingerprint density at radius 1 is 0.966 bits per heavy atom. The van der Waals surface area contributed by atoms with Crippen LogP contribution in [0, 0.1) is 0 Å². The van der Waals surface area contributed by atoms with E-state index >= 15 is 0 Å². The van der Waals surface area contributed by atoms with Gasteiger partial charge >= 0.3 is 6.03 Å². The predicted octanol–water partition coefficient (Wildman–Crippen LogP) is 3.13. The first kappa shape index (κ1) is 21.6. The van der Waals surface area contributed by atoms with Crippen LogP contribution in [-0.4, -0.2) is 60.0 Å². The van der Waals surface area contributed by atoms with E-state index in [4.69, 9.17) is 0 Å². The molecule has 2 aliphatic rings. The highest BCUT2D eigenvalue weighted by molar-refractivity contribution is 5.78. The van der Waals surface area contributed by atoms with Crippen molar-refractivity contribution >= 4 is 11.9 Å². The van der Waals surface area contributed by atoms with Crippen LogP contribution in [-0.2, 0) is 11.3 Å². The number of carbonyl (C=O) groups is 2. The first-order valence-electron chi connectivity index (χ1n) is 11.2. The number of carbonyl (C=O) groups excluding carboxylic acids is 2. The molecule has 6 heteroatoms. The van der Waals surface area contributed by atoms with E-state index in [9.17, 15) is 9.59 Å². The van der Waals surface area contributed by atoms with Gasteiger partial charge < -0.3 is 15.5 Å². The van der Waals surface area contributed by atoms with Gasteiger partial charge in [0.1, 0.15) is 0 Å². The van der Waals surface area contributed by atoms with Gasteiger partial charge in [-0.3, -0.25) is 9.69 Å². The average molecular weight is 401 g/mol. The summed E-state index contributed by atoms with van der Waals surface area (Å²) in [6.07, 6.45) is 7.73. The Bertz CT molecular complexity index is 638. The highest BCUT2D eigenvalue weighted by Crippen LogP contribution is 2.17. The summed E-state index contributed by atoms with van der Waals surface area (Å²) in [5, 5.41) is 6.27. The summed E-state index contributed by atoms with van der Waals surface area (Å²) in [5.41, 5.74) is 1.16. The lowest BCUT2D eigenvalue weighted by molar-refractivity contribution is -0.133. The Labute approximate surface area is 175 Å². The second-order valence-electron chi connectivity index (χ2n) is 8.40. The number of amides is 3. The van der Waals surface area contributed by atoms with E-state index in [1.807, 2.05) is 30.0 Å². The van der Waals surface area contributed by atoms with Crippen molar-refractivity contribution in [1.82, 2.24) is 20.4 Å². The minimum atomic E-state index is -0.0218. The molecule has 0 unspecified atom stereocenters. The number of urea groups is 1. The van der Waals surface area contributed by atoms with E-state index in [2.05, 4.69) is 27.7 Å². The number of likely N-dealkylation sites (N-methyl/N-ethyl adjacent to an activating group) is 1. The van der Waals surface area contributed by atoms with Crippen molar-refractivity contribution < 1.29 is 9.59 Å². The van der Waals surface area contributed by atoms with Crippen molar-refractivity contribution in [2.24, 2.45) is 0 Å². The maximum absolute atomic E-state index is 12.7. The molecule has 0 radical (unpaired) electrons. The van der Waals surface area contributed by atoms with Gasteiger partial charge in [-0.05, 0) is 38.2 Å². The zero-order valence-electron chi connectivity index (χ0n) is 17.7. The van der Waals surface area contributed by atoms with E-state index in [-0.39, 0.29) is 18.0 Å². The van der Waals surface area contributed by atoms with Crippen LogP contribution in [0.3, 0.4) is 0 Å². The lowest BCUT2D eigenvalue weighted by Gasteiger charge is -2.33. The molecule has 1 aromatic rings. The van der Waals surface area contributed by atoms with Gasteiger partial charge in [-0.15, -0.1) is 0 Å². The molecule has 0 aromatic heterocycles. The van der Waals surface area contributed by atoms with Crippen molar-refractivity contribution in [3.05, 3.63) is 35.9 Å². The molecule has 1 saturated heterocycles. The summed E-state index contributed by atoms with van der Waals surface area (Å²) in [7, 11) is 0. The Balaban J connectivity index is 1.37. The van der Waals surface area contributed by atoms with E-state index in [1.54, 1.807) is 0 Å². The van der Waals surface area contributed by atoms with Gasteiger partial charge in [0.05, 0.1) is 6.54 Å². The fourth-order valence-electron chi connectivity index (χ4n) is 4.37. The Morgan fingerprint density at radius 2 is 1.59 bits per heavy atom. The van der Waals surface area contributed by atoms with Gasteiger partial charge in [-0.1, -0.05) is 49.6 Å². The van der Waals surface area contributed by atoms with Crippen LogP contribution in [0.1, 0.15) is 57.4 Å². The van der Waals surface area contributed by atoms with Crippen LogP contribution in [0.5, 0.6) is 0 Å². The molecule has 0 atom stereocenters. The van der Waals surface area contributed by atoms with Gasteiger partial charge in [0, 0.05) is 38.3 Å². The largest absolute Gasteiger partial charge is 0.338 e. The molecule has 3 amide bonds. The highest BCUT2D eigenvalue weighted by Gasteiger charge is 2.24. The minimum Gasteiger partial charge on any atom is -0.338 e. The Kier molecular flexibility index (Phi) is 8.35. The maximum atomic E-state index is 12.7. The monoisotopic (exact) mass is 400 g/mol. The summed E-state index contributed by atoms with van der Waals surface area (Å²) in [5.74, 6) is 0.179. The Hall–Kier alpha value is -2.08. The fourth-order valence-corrected chi connectivity index (χ4v) is 4.37. The number of rotatable bonds is 7. The summed E-state index contributed by atoms with van der Waals surface area (Å²) in [4.78, 5) is 29.1. The normalized spacial score (nSPS) is 18.9. The molecule has 1 saturated carbocycles. The molecular formula is C23H36N4O2. The third-order valence-electron chi connectivity index (χ3n) is 6.17. The van der Waals surface area contributed by atoms with E-state index in [0.29, 0.717) is 25.7 Å². The van der Waals surface area contributed by atoms with Crippen LogP contribution in [0.4, 0.5) is 4.79 Å². The van der Waals surface area contributed by atoms with Gasteiger partial charge in [-0.2, -0.15) is 0 Å². The molecule has 2 N–H and O–H groups in total. The van der Waals surface area contributed by atoms with Crippen molar-refractivity contribution in [3.8, 4) is 0 Å². The van der Waals surface area contributed by atoms with Crippen LogP contribution in [0.25, 0.3) is 0 Å². The molecule has 1 heterocycles. The average Bonchev–Trinajstić information content (AvgIpc) is 2.74. The van der Waals surface area contributed by atoms with Crippen LogP contribution < -0.4 is 10.6 Å². The molecule has 29 heavy (non-hydrogen) atoms. The molecule has 160 valence electrons. The molecule has 1 aromatic carbocycles. The number of nitrogens with zero attached hydrogens (tertiary/aromatic N) is 2. The molecule has 6 nitrogen and oxygen atoms in total. The van der Waals surface area contributed by atoms with Gasteiger partial charge in [0.15, 0.2) is 0 Å². The molecule has 1 aliphatic heterocycles. The third kappa shape index (κ3) is 7.03. The van der Waals surface area contributed by atoms with E-state index in [1.165, 1.54) is 19.3 Å². The third-order valence-corrected chi connectivity index (χ3v) is 6.17. The molecule has 0 spiro atoms. The smallest absolute Gasteiger partial charge is 0.315 e. The molecular weight excluding hydrogens is 364 g/mol. The standard InChI is InChI=1S/C23H36N4O2/c1-2-27(17-19-9-5-3-6-10-19)22(28)18-26-15-13-21(14-16-26)25-23(29)24-20-11-7-4-8-12-20/h3,5-6,9-10,20-21H,2,4,7-8,11-18H2,1H3,(H2,24,25,29). The topological polar surface area (TPSA) is 64.7 Å². The zero-order valence-corrected chi connectivity index (χ0v) is 17.7. The number of piperidine rings is 1. The van der Waals surface area contributed by atoms with Crippen molar-refractivity contribution in [3.63, 3.8) is 0 Å². The number of hydrogen-bond acceptors (Lipinski definition) is 3. The summed E-state index contributed by atoms with van der Waals surface area (Å²) in [6.45, 7) is 5.57. The Morgan fingerprint density at radius 3 is 2.21 bits per heavy atom. The van der Waals surface area contributed by atoms with Crippen LogP contribution >= 0.6 is 0 Å². The van der Waals surface area contributed by atoms with Crippen molar-refractivity contribution in [2.75, 3.05) is 26.2 Å². The van der Waals surface area contributed by atoms with Gasteiger partial charge in [0.2, 0.25) is 5.91 Å². The van der Waals surface area contributed by atoms with E-state index in [0.717, 1.165) is 44.3 Å². The number of benzene rings is 1. The SMILES string of the molecule is CCN(Cc1ccccc1)C(=O)CN1CCC(NC(=O)NC2CCCCC2)CC1. The summed E-state index contributed by atoms with van der Waals surface area (Å²) < 4.78 is 0. The second kappa shape index (κ2) is 11.2. The number of hydrogen-bond donors (Lipinski definition) is 2. The first-order valence-corrected chi connectivity index (χ1v) is 11.2. The zero-order chi connectivity index (χ0) is 20.5. The summed E-state index contributed by atoms with van der Waals surface area (Å²) in [6, 6.07) is 10.7. The fraction of sp³-hybridized carbons (Fsp3) is 0.652. The second-order valence-corrected chi connectivity index (χ2v) is 8.40. The quantitative estimate of drug-likeness (QED) is 0.739. The molecule has 2 fully saturated rings. The van der Waals surface area contributed by atoms with Crippen molar-refractivity contribution in [1.29, 1.82) is 0 Å². The lowest BCUT2D eigenvalue weighted by Crippen LogP contribution is -2.51. The number of nitrogens with one attached hydrogen (secondary N) is 2. The van der Waals surface area contributed by atoms with E-state index < -0.39 is 0 Å². The van der Waals surface area contributed by atoms with Crippen LogP contribution in [0.15, 0.2) is 30.3 Å². The van der Waals surface area contributed by atoms with Crippen molar-refractivity contribution in [2.45, 2.75) is 70.5 Å². The molecule has 1 aliphatic carbocycles. The summed E-state index contributed by atoms with van der Waals surface area (Å²) >= 11 is 0. The molecule has 3 rings (SSSR count). The van der Waals surface area contributed by atoms with Crippen LogP contribution in [0.2, 0.25) is 0 Å². The molecule has 0 bridgehead atoms. The predicted molar refractivity (Wildman–Crippen MR) is 116 cm³/mol. The van der Waals surface area contributed by atoms with Gasteiger partial charge in [-0.25, -0.2) is 4.79 Å². The van der Waals surface area contributed by atoms with Gasteiger partial charge in [0.25, 0.3) is 0 Å². The highest BCUT2D eigenvalue weighted by atomic mass is 16.2.